The quantitative estimate of drug-likeness (QED) is 0.445. The largest absolute Gasteiger partial charge is 0.461 e. The first-order chi connectivity index (χ1) is 9.23. The maximum absolute atomic E-state index is 12.0. The second kappa shape index (κ2) is 6.92. The van der Waals surface area contributed by atoms with Gasteiger partial charge < -0.3 is 9.47 Å². The standard InChI is InChI=1S/C13H21ClN2O4/c1-5-19-11(17)10(14)15-16(8-9-6-7-9)12(18)20-13(2,3)4/h9H,5-8H2,1-4H3/b15-10-. The zero-order chi connectivity index (χ0) is 15.3. The lowest BCUT2D eigenvalue weighted by Gasteiger charge is -2.24. The van der Waals surface area contributed by atoms with Gasteiger partial charge >= 0.3 is 12.1 Å². The van der Waals surface area contributed by atoms with Gasteiger partial charge in [0.1, 0.15) is 5.60 Å². The fourth-order valence-electron chi connectivity index (χ4n) is 1.35. The molecule has 0 unspecified atom stereocenters. The molecular weight excluding hydrogens is 284 g/mol. The van der Waals surface area contributed by atoms with Crippen molar-refractivity contribution < 1.29 is 19.1 Å². The molecule has 7 heteroatoms. The van der Waals surface area contributed by atoms with E-state index in [1.165, 1.54) is 0 Å². The summed E-state index contributed by atoms with van der Waals surface area (Å²) in [7, 11) is 0. The minimum absolute atomic E-state index is 0.194. The summed E-state index contributed by atoms with van der Waals surface area (Å²) in [5.41, 5.74) is -0.634. The van der Waals surface area contributed by atoms with E-state index in [2.05, 4.69) is 5.10 Å². The van der Waals surface area contributed by atoms with E-state index in [4.69, 9.17) is 21.1 Å². The van der Waals surface area contributed by atoms with Crippen molar-refractivity contribution in [2.75, 3.05) is 13.2 Å². The molecule has 0 aromatic heterocycles. The van der Waals surface area contributed by atoms with Crippen LogP contribution in [0.3, 0.4) is 0 Å². The predicted octanol–water partition coefficient (Wildman–Crippen LogP) is 2.75. The summed E-state index contributed by atoms with van der Waals surface area (Å²) in [5, 5.41) is 4.55. The van der Waals surface area contributed by atoms with Gasteiger partial charge in [0.2, 0.25) is 5.17 Å². The van der Waals surface area contributed by atoms with Gasteiger partial charge in [0.15, 0.2) is 0 Å². The highest BCUT2D eigenvalue weighted by Gasteiger charge is 2.30. The minimum atomic E-state index is -0.751. The summed E-state index contributed by atoms with van der Waals surface area (Å²) in [4.78, 5) is 23.4. The van der Waals surface area contributed by atoms with E-state index in [-0.39, 0.29) is 11.8 Å². The number of hydrogen-bond acceptors (Lipinski definition) is 5. The van der Waals surface area contributed by atoms with E-state index in [9.17, 15) is 9.59 Å². The Kier molecular flexibility index (Phi) is 5.80. The molecular formula is C13H21ClN2O4. The van der Waals surface area contributed by atoms with Crippen LogP contribution < -0.4 is 0 Å². The van der Waals surface area contributed by atoms with Gasteiger partial charge in [-0.1, -0.05) is 11.6 Å². The Labute approximate surface area is 124 Å². The monoisotopic (exact) mass is 304 g/mol. The topological polar surface area (TPSA) is 68.2 Å². The van der Waals surface area contributed by atoms with E-state index in [1.807, 2.05) is 0 Å². The SMILES string of the molecule is CCOC(=O)/C(Cl)=N/N(CC1CC1)C(=O)OC(C)(C)C. The van der Waals surface area contributed by atoms with Crippen molar-refractivity contribution in [3.63, 3.8) is 0 Å². The number of carbonyl (C=O) groups excluding carboxylic acids is 2. The molecule has 1 aliphatic carbocycles. The van der Waals surface area contributed by atoms with Gasteiger partial charge in [-0.15, -0.1) is 5.10 Å². The summed E-state index contributed by atoms with van der Waals surface area (Å²) in [5.74, 6) is -0.364. The lowest BCUT2D eigenvalue weighted by molar-refractivity contribution is -0.134. The molecule has 1 saturated carbocycles. The molecule has 6 nitrogen and oxygen atoms in total. The number of hydrazone groups is 1. The number of hydrogen-bond donors (Lipinski definition) is 0. The summed E-state index contributed by atoms with van der Waals surface area (Å²) in [6.07, 6.45) is 1.45. The number of ether oxygens (including phenoxy) is 2. The molecule has 0 radical (unpaired) electrons. The van der Waals surface area contributed by atoms with E-state index >= 15 is 0 Å². The molecule has 0 bridgehead atoms. The number of rotatable bonds is 5. The Bertz CT molecular complexity index is 400. The highest BCUT2D eigenvalue weighted by Crippen LogP contribution is 2.30. The Morgan fingerprint density at radius 3 is 2.40 bits per heavy atom. The average Bonchev–Trinajstić information content (AvgIpc) is 3.09. The number of esters is 1. The molecule has 0 aromatic carbocycles. The van der Waals surface area contributed by atoms with E-state index in [0.717, 1.165) is 17.9 Å². The summed E-state index contributed by atoms with van der Waals surface area (Å²) >= 11 is 5.75. The van der Waals surface area contributed by atoms with Crippen LogP contribution in [0.5, 0.6) is 0 Å². The van der Waals surface area contributed by atoms with Crippen molar-refractivity contribution in [1.82, 2.24) is 5.01 Å². The Morgan fingerprint density at radius 1 is 1.35 bits per heavy atom. The average molecular weight is 305 g/mol. The van der Waals surface area contributed by atoms with Crippen LogP contribution in [0.15, 0.2) is 5.10 Å². The smallest absolute Gasteiger partial charge is 0.430 e. The van der Waals surface area contributed by atoms with Crippen LogP contribution in [0.4, 0.5) is 4.79 Å². The molecule has 0 spiro atoms. The number of halogens is 1. The fourth-order valence-corrected chi connectivity index (χ4v) is 1.50. The van der Waals surface area contributed by atoms with Crippen LogP contribution in [-0.2, 0) is 14.3 Å². The number of carbonyl (C=O) groups is 2. The van der Waals surface area contributed by atoms with Crippen molar-refractivity contribution >= 4 is 28.8 Å². The minimum Gasteiger partial charge on any atom is -0.461 e. The van der Waals surface area contributed by atoms with Gasteiger partial charge in [0, 0.05) is 0 Å². The molecule has 1 amide bonds. The lowest BCUT2D eigenvalue weighted by Crippen LogP contribution is -2.36. The number of nitrogens with zero attached hydrogens (tertiary/aromatic N) is 2. The molecule has 1 aliphatic rings. The molecule has 0 aliphatic heterocycles. The third-order valence-corrected chi connectivity index (χ3v) is 2.61. The molecule has 20 heavy (non-hydrogen) atoms. The van der Waals surface area contributed by atoms with Crippen LogP contribution in [0.1, 0.15) is 40.5 Å². The molecule has 0 N–H and O–H groups in total. The highest BCUT2D eigenvalue weighted by molar-refractivity contribution is 6.82. The maximum Gasteiger partial charge on any atom is 0.430 e. The van der Waals surface area contributed by atoms with Gasteiger partial charge in [-0.3, -0.25) is 0 Å². The van der Waals surface area contributed by atoms with Crippen molar-refractivity contribution in [2.24, 2.45) is 11.0 Å². The van der Waals surface area contributed by atoms with E-state index in [0.29, 0.717) is 12.5 Å². The third kappa shape index (κ3) is 6.23. The first kappa shape index (κ1) is 16.8. The Hall–Kier alpha value is -1.30. The summed E-state index contributed by atoms with van der Waals surface area (Å²) in [6.45, 7) is 7.53. The van der Waals surface area contributed by atoms with Crippen LogP contribution in [0, 0.1) is 5.92 Å². The second-order valence-corrected chi connectivity index (χ2v) is 5.98. The van der Waals surface area contributed by atoms with Crippen LogP contribution in [-0.4, -0.2) is 41.0 Å². The molecule has 0 heterocycles. The van der Waals surface area contributed by atoms with Gasteiger partial charge in [0.05, 0.1) is 13.2 Å². The lowest BCUT2D eigenvalue weighted by atomic mass is 10.2. The van der Waals surface area contributed by atoms with Gasteiger partial charge in [-0.2, -0.15) is 5.01 Å². The molecule has 0 atom stereocenters. The van der Waals surface area contributed by atoms with Gasteiger partial charge in [0.25, 0.3) is 0 Å². The molecule has 0 aromatic rings. The van der Waals surface area contributed by atoms with E-state index in [1.54, 1.807) is 27.7 Å². The van der Waals surface area contributed by atoms with Crippen LogP contribution in [0.25, 0.3) is 0 Å². The van der Waals surface area contributed by atoms with Crippen molar-refractivity contribution in [1.29, 1.82) is 0 Å². The first-order valence-corrected chi connectivity index (χ1v) is 7.02. The van der Waals surface area contributed by atoms with Crippen molar-refractivity contribution in [3.05, 3.63) is 0 Å². The van der Waals surface area contributed by atoms with Crippen LogP contribution >= 0.6 is 11.6 Å². The molecule has 114 valence electrons. The van der Waals surface area contributed by atoms with Crippen LogP contribution in [0.2, 0.25) is 0 Å². The summed E-state index contributed by atoms with van der Waals surface area (Å²) < 4.78 is 9.96. The molecule has 1 rings (SSSR count). The van der Waals surface area contributed by atoms with Crippen molar-refractivity contribution in [2.45, 2.75) is 46.1 Å². The first-order valence-electron chi connectivity index (χ1n) is 6.64. The summed E-state index contributed by atoms with van der Waals surface area (Å²) in [6, 6.07) is 0. The Morgan fingerprint density at radius 2 is 1.95 bits per heavy atom. The number of amides is 1. The van der Waals surface area contributed by atoms with Gasteiger partial charge in [-0.25, -0.2) is 9.59 Å². The molecule has 0 saturated heterocycles. The zero-order valence-corrected chi connectivity index (χ0v) is 13.1. The fraction of sp³-hybridized carbons (Fsp3) is 0.769. The zero-order valence-electron chi connectivity index (χ0n) is 12.3. The molecule has 1 fully saturated rings. The van der Waals surface area contributed by atoms with Gasteiger partial charge in [-0.05, 0) is 46.5 Å². The third-order valence-electron chi connectivity index (χ3n) is 2.38. The van der Waals surface area contributed by atoms with Crippen molar-refractivity contribution in [3.8, 4) is 0 Å². The second-order valence-electron chi connectivity index (χ2n) is 5.62. The van der Waals surface area contributed by atoms with E-state index < -0.39 is 17.7 Å². The predicted molar refractivity (Wildman–Crippen MR) is 75.6 cm³/mol. The maximum atomic E-state index is 12.0. The highest BCUT2D eigenvalue weighted by atomic mass is 35.5. The normalized spacial score (nSPS) is 15.8. The Balaban J connectivity index is 2.74.